The summed E-state index contributed by atoms with van der Waals surface area (Å²) >= 11 is 1.18. The number of halogens is 2. The highest BCUT2D eigenvalue weighted by Crippen LogP contribution is 2.34. The molecular weight excluding hydrogens is 422 g/mol. The van der Waals surface area contributed by atoms with E-state index in [0.717, 1.165) is 28.1 Å². The first-order chi connectivity index (χ1) is 14.7. The molecule has 0 unspecified atom stereocenters. The van der Waals surface area contributed by atoms with Gasteiger partial charge in [-0.25, -0.2) is 8.78 Å². The number of carbonyl (C=O) groups is 2. The normalized spacial score (nSPS) is 14.9. The first-order valence-electron chi connectivity index (χ1n) is 9.45. The smallest absolute Gasteiger partial charge is 0.265 e. The summed E-state index contributed by atoms with van der Waals surface area (Å²) in [5.41, 5.74) is 1.05. The molecule has 1 amide bonds. The summed E-state index contributed by atoms with van der Waals surface area (Å²) < 4.78 is 27.7. The van der Waals surface area contributed by atoms with E-state index in [9.17, 15) is 18.4 Å². The minimum Gasteiger partial charge on any atom is -0.381 e. The minimum absolute atomic E-state index is 0.203. The summed E-state index contributed by atoms with van der Waals surface area (Å²) in [6.45, 7) is 5.18. The van der Waals surface area contributed by atoms with Gasteiger partial charge in [0.15, 0.2) is 11.3 Å². The van der Waals surface area contributed by atoms with Gasteiger partial charge in [-0.05, 0) is 56.2 Å². The van der Waals surface area contributed by atoms with Gasteiger partial charge in [-0.3, -0.25) is 9.59 Å². The van der Waals surface area contributed by atoms with Crippen LogP contribution in [0.2, 0.25) is 0 Å². The van der Waals surface area contributed by atoms with Gasteiger partial charge in [-0.1, -0.05) is 29.4 Å². The van der Waals surface area contributed by atoms with Gasteiger partial charge in [0.1, 0.15) is 17.3 Å². The lowest BCUT2D eigenvalue weighted by molar-refractivity contribution is -0.128. The zero-order chi connectivity index (χ0) is 22.3. The summed E-state index contributed by atoms with van der Waals surface area (Å²) in [5, 5.41) is 6.25. The maximum absolute atomic E-state index is 13.8. The van der Waals surface area contributed by atoms with Crippen LogP contribution >= 0.6 is 11.3 Å². The topological polar surface area (TPSA) is 67.8 Å². The van der Waals surface area contributed by atoms with Crippen molar-refractivity contribution in [3.8, 4) is 10.4 Å². The lowest BCUT2D eigenvalue weighted by Gasteiger charge is -2.13. The number of nitrogens with zero attached hydrogens (tertiary/aromatic N) is 1. The van der Waals surface area contributed by atoms with Crippen LogP contribution in [0.1, 0.15) is 34.6 Å². The van der Waals surface area contributed by atoms with Gasteiger partial charge >= 0.3 is 0 Å². The molecule has 2 heterocycles. The molecule has 0 saturated heterocycles. The number of para-hydroxylation sites is 1. The number of nitrogens with one attached hydrogen (secondary N) is 1. The molecule has 0 atom stereocenters. The minimum atomic E-state index is -1.01. The van der Waals surface area contributed by atoms with Crippen LogP contribution in [0.25, 0.3) is 10.4 Å². The number of ketones is 1. The Hall–Kier alpha value is -3.39. The molecule has 0 aliphatic carbocycles. The fourth-order valence-electron chi connectivity index (χ4n) is 3.26. The predicted octanol–water partition coefficient (Wildman–Crippen LogP) is 5.34. The molecule has 31 heavy (non-hydrogen) atoms. The number of thiophene rings is 1. The molecule has 2 aromatic carbocycles. The van der Waals surface area contributed by atoms with Crippen LogP contribution in [0.5, 0.6) is 0 Å². The highest BCUT2D eigenvalue weighted by molar-refractivity contribution is 7.17. The molecular formula is C23H18F2N2O3S. The number of hydrogen-bond donors (Lipinski definition) is 1. The van der Waals surface area contributed by atoms with Crippen LogP contribution in [0.4, 0.5) is 14.5 Å². The first-order valence-corrected chi connectivity index (χ1v) is 10.3. The average molecular weight is 440 g/mol. The second kappa shape index (κ2) is 7.70. The van der Waals surface area contributed by atoms with Gasteiger partial charge in [0, 0.05) is 10.4 Å². The lowest BCUT2D eigenvalue weighted by atomic mass is 9.91. The summed E-state index contributed by atoms with van der Waals surface area (Å²) in [4.78, 5) is 31.4. The lowest BCUT2D eigenvalue weighted by Crippen LogP contribution is -2.33. The monoisotopic (exact) mass is 440 g/mol. The van der Waals surface area contributed by atoms with Crippen molar-refractivity contribution >= 4 is 34.4 Å². The van der Waals surface area contributed by atoms with Crippen molar-refractivity contribution in [2.45, 2.75) is 26.4 Å². The number of amides is 1. The molecule has 4 rings (SSSR count). The predicted molar refractivity (Wildman–Crippen MR) is 116 cm³/mol. The third-order valence-electron chi connectivity index (χ3n) is 5.01. The number of hydrogen-bond acceptors (Lipinski definition) is 5. The Bertz CT molecular complexity index is 1230. The van der Waals surface area contributed by atoms with Crippen molar-refractivity contribution in [2.75, 3.05) is 5.32 Å². The average Bonchev–Trinajstić information content (AvgIpc) is 3.31. The number of Topliss-reactive ketones (excluding diaryl/α,β-unsaturated/α-hetero) is 1. The number of rotatable bonds is 4. The van der Waals surface area contributed by atoms with E-state index in [4.69, 9.17) is 4.84 Å². The van der Waals surface area contributed by atoms with Gasteiger partial charge in [0.05, 0.1) is 4.88 Å². The Kier molecular flexibility index (Phi) is 5.18. The van der Waals surface area contributed by atoms with E-state index in [1.165, 1.54) is 17.4 Å². The molecule has 0 fully saturated rings. The summed E-state index contributed by atoms with van der Waals surface area (Å²) in [6, 6.07) is 12.2. The quantitative estimate of drug-likeness (QED) is 0.596. The van der Waals surface area contributed by atoms with E-state index < -0.39 is 28.8 Å². The molecule has 3 aromatic rings. The molecule has 0 spiro atoms. The number of carbonyl (C=O) groups excluding carboxylic acids is 2. The van der Waals surface area contributed by atoms with Gasteiger partial charge in [-0.2, -0.15) is 0 Å². The number of anilines is 1. The molecule has 1 aromatic heterocycles. The highest BCUT2D eigenvalue weighted by atomic mass is 32.1. The highest BCUT2D eigenvalue weighted by Gasteiger charge is 2.40. The van der Waals surface area contributed by atoms with Gasteiger partial charge in [0.2, 0.25) is 5.78 Å². The molecule has 0 saturated carbocycles. The maximum atomic E-state index is 13.8. The van der Waals surface area contributed by atoms with Crippen LogP contribution in [0.15, 0.2) is 53.7 Å². The molecule has 1 aliphatic rings. The van der Waals surface area contributed by atoms with E-state index in [2.05, 4.69) is 10.5 Å². The summed E-state index contributed by atoms with van der Waals surface area (Å²) in [6.07, 6.45) is 0. The Morgan fingerprint density at radius 1 is 1.03 bits per heavy atom. The van der Waals surface area contributed by atoms with Gasteiger partial charge in [-0.15, -0.1) is 11.3 Å². The van der Waals surface area contributed by atoms with Crippen LogP contribution < -0.4 is 5.32 Å². The van der Waals surface area contributed by atoms with Crippen molar-refractivity contribution in [3.63, 3.8) is 0 Å². The molecule has 158 valence electrons. The zero-order valence-corrected chi connectivity index (χ0v) is 17.8. The molecule has 0 bridgehead atoms. The second-order valence-electron chi connectivity index (χ2n) is 7.56. The van der Waals surface area contributed by atoms with Crippen LogP contribution in [-0.4, -0.2) is 23.0 Å². The van der Waals surface area contributed by atoms with Crippen molar-refractivity contribution in [3.05, 3.63) is 76.2 Å². The Morgan fingerprint density at radius 3 is 2.32 bits per heavy atom. The van der Waals surface area contributed by atoms with E-state index in [1.807, 2.05) is 13.0 Å². The van der Waals surface area contributed by atoms with Crippen LogP contribution in [0, 0.1) is 18.6 Å². The third kappa shape index (κ3) is 3.74. The van der Waals surface area contributed by atoms with Crippen molar-refractivity contribution < 1.29 is 23.2 Å². The van der Waals surface area contributed by atoms with E-state index in [-0.39, 0.29) is 11.5 Å². The molecule has 5 nitrogen and oxygen atoms in total. The molecule has 1 N–H and O–H groups in total. The van der Waals surface area contributed by atoms with Crippen LogP contribution in [0.3, 0.4) is 0 Å². The van der Waals surface area contributed by atoms with Gasteiger partial charge < -0.3 is 10.2 Å². The largest absolute Gasteiger partial charge is 0.381 e. The van der Waals surface area contributed by atoms with Crippen molar-refractivity contribution in [1.82, 2.24) is 0 Å². The standard InChI is InChI=1S/C23H18F2N2O3S/c1-12-13(6-4-7-14(12)19-21(28)23(2,3)30-27-19)17-10-11-18(31-17)22(29)26-20-15(24)8-5-9-16(20)25/h4-11H,1-3H3,(H,26,29). The Balaban J connectivity index is 1.63. The molecule has 8 heteroatoms. The van der Waals surface area contributed by atoms with E-state index >= 15 is 0 Å². The number of benzene rings is 2. The maximum Gasteiger partial charge on any atom is 0.265 e. The van der Waals surface area contributed by atoms with Crippen LogP contribution in [-0.2, 0) is 9.63 Å². The van der Waals surface area contributed by atoms with E-state index in [0.29, 0.717) is 10.4 Å². The number of oxime groups is 1. The Labute approximate surface area is 181 Å². The van der Waals surface area contributed by atoms with Crippen molar-refractivity contribution in [1.29, 1.82) is 0 Å². The fourth-order valence-corrected chi connectivity index (χ4v) is 4.24. The molecule has 0 radical (unpaired) electrons. The van der Waals surface area contributed by atoms with E-state index in [1.54, 1.807) is 38.1 Å². The Morgan fingerprint density at radius 2 is 1.68 bits per heavy atom. The zero-order valence-electron chi connectivity index (χ0n) is 17.0. The van der Waals surface area contributed by atoms with Crippen molar-refractivity contribution in [2.24, 2.45) is 5.16 Å². The fraction of sp³-hybridized carbons (Fsp3) is 0.174. The summed E-state index contributed by atoms with van der Waals surface area (Å²) in [5.74, 6) is -2.51. The van der Waals surface area contributed by atoms with Gasteiger partial charge in [0.25, 0.3) is 5.91 Å². The summed E-state index contributed by atoms with van der Waals surface area (Å²) in [7, 11) is 0. The SMILES string of the molecule is Cc1c(C2=NOC(C)(C)C2=O)cccc1-c1ccc(C(=O)Nc2c(F)cccc2F)s1. The second-order valence-corrected chi connectivity index (χ2v) is 8.65. The third-order valence-corrected chi connectivity index (χ3v) is 6.13. The molecule has 1 aliphatic heterocycles. The first kappa shape index (κ1) is 20.9.